The Kier molecular flexibility index (Phi) is 4.75. The lowest BCUT2D eigenvalue weighted by Crippen LogP contribution is -2.51. The first-order chi connectivity index (χ1) is 16.8. The smallest absolute Gasteiger partial charge is 0.241 e. The molecule has 0 radical (unpaired) electrons. The number of fused-ring (bicyclic) bond motifs is 3. The van der Waals surface area contributed by atoms with Gasteiger partial charge in [-0.05, 0) is 48.7 Å². The largest absolute Gasteiger partial charge is 0.349 e. The van der Waals surface area contributed by atoms with Crippen molar-refractivity contribution in [3.05, 3.63) is 99.0 Å². The van der Waals surface area contributed by atoms with E-state index >= 15 is 0 Å². The number of ketones is 2. The molecule has 3 atom stereocenters. The summed E-state index contributed by atoms with van der Waals surface area (Å²) in [6.45, 7) is 3.85. The van der Waals surface area contributed by atoms with Crippen LogP contribution in [0.1, 0.15) is 43.5 Å². The third-order valence-electron chi connectivity index (χ3n) is 7.48. The summed E-state index contributed by atoms with van der Waals surface area (Å²) in [5, 5.41) is 0. The molecule has 0 bridgehead atoms. The Morgan fingerprint density at radius 2 is 1.43 bits per heavy atom. The lowest BCUT2D eigenvalue weighted by molar-refractivity contribution is -0.127. The highest BCUT2D eigenvalue weighted by molar-refractivity contribution is 9.10. The van der Waals surface area contributed by atoms with Gasteiger partial charge >= 0.3 is 0 Å². The summed E-state index contributed by atoms with van der Waals surface area (Å²) >= 11 is 3.51. The average Bonchev–Trinajstić information content (AvgIpc) is 3.41. The van der Waals surface area contributed by atoms with E-state index in [1.165, 1.54) is 0 Å². The van der Waals surface area contributed by atoms with Gasteiger partial charge in [-0.2, -0.15) is 0 Å². The second kappa shape index (κ2) is 7.54. The number of imide groups is 1. The molecule has 2 heterocycles. The zero-order valence-corrected chi connectivity index (χ0v) is 20.5. The van der Waals surface area contributed by atoms with Gasteiger partial charge in [-0.25, -0.2) is 4.90 Å². The highest BCUT2D eigenvalue weighted by atomic mass is 79.9. The van der Waals surface area contributed by atoms with Gasteiger partial charge in [0.25, 0.3) is 0 Å². The SMILES string of the molecule is Cc1ccc(N2C(=O)[C@@H]3[C@H](c4ccccc4Br)OC4(C(=O)c5ccccc5C4=O)[C@H]3C2=O)cc1C. The van der Waals surface area contributed by atoms with Crippen LogP contribution in [0, 0.1) is 25.7 Å². The lowest BCUT2D eigenvalue weighted by atomic mass is 9.77. The molecule has 2 saturated heterocycles. The highest BCUT2D eigenvalue weighted by Gasteiger charge is 2.74. The maximum Gasteiger partial charge on any atom is 0.241 e. The summed E-state index contributed by atoms with van der Waals surface area (Å²) in [5.74, 6) is -4.48. The number of nitrogens with zero attached hydrogens (tertiary/aromatic N) is 1. The fraction of sp³-hybridized carbons (Fsp3) is 0.214. The molecule has 6 rings (SSSR count). The van der Waals surface area contributed by atoms with E-state index in [1.807, 2.05) is 26.0 Å². The molecule has 2 aliphatic heterocycles. The van der Waals surface area contributed by atoms with Crippen molar-refractivity contribution in [1.29, 1.82) is 0 Å². The van der Waals surface area contributed by atoms with Crippen molar-refractivity contribution < 1.29 is 23.9 Å². The molecule has 1 spiro atoms. The van der Waals surface area contributed by atoms with Crippen molar-refractivity contribution in [2.24, 2.45) is 11.8 Å². The number of carbonyl (C=O) groups excluding carboxylic acids is 4. The molecular formula is C28H20BrNO5. The summed E-state index contributed by atoms with van der Waals surface area (Å²) in [4.78, 5) is 56.6. The van der Waals surface area contributed by atoms with Crippen LogP contribution in [-0.4, -0.2) is 29.0 Å². The van der Waals surface area contributed by atoms with E-state index in [0.717, 1.165) is 16.0 Å². The number of Topliss-reactive ketones (excluding diaryl/α,β-unsaturated/α-hetero) is 2. The summed E-state index contributed by atoms with van der Waals surface area (Å²) in [7, 11) is 0. The maximum absolute atomic E-state index is 14.0. The Labute approximate surface area is 210 Å². The molecule has 3 aromatic rings. The molecule has 0 N–H and O–H groups in total. The van der Waals surface area contributed by atoms with E-state index in [1.54, 1.807) is 54.6 Å². The zero-order chi connectivity index (χ0) is 24.6. The van der Waals surface area contributed by atoms with Crippen LogP contribution >= 0.6 is 15.9 Å². The molecular weight excluding hydrogens is 510 g/mol. The van der Waals surface area contributed by atoms with Crippen LogP contribution in [0.3, 0.4) is 0 Å². The number of rotatable bonds is 2. The van der Waals surface area contributed by atoms with Crippen LogP contribution in [0.4, 0.5) is 5.69 Å². The number of halogens is 1. The number of benzene rings is 3. The molecule has 35 heavy (non-hydrogen) atoms. The predicted molar refractivity (Wildman–Crippen MR) is 131 cm³/mol. The summed E-state index contributed by atoms with van der Waals surface area (Å²) in [6, 6.07) is 19.0. The van der Waals surface area contributed by atoms with Gasteiger partial charge in [-0.1, -0.05) is 64.5 Å². The van der Waals surface area contributed by atoms with Crippen LogP contribution in [0.25, 0.3) is 0 Å². The monoisotopic (exact) mass is 529 g/mol. The van der Waals surface area contributed by atoms with Gasteiger partial charge in [0.1, 0.15) is 0 Å². The standard InChI is InChI=1S/C28H20BrNO5/c1-14-11-12-16(13-15(14)2)30-26(33)21-22(27(30)34)28(35-23(21)19-9-5-6-10-20(19)29)24(31)17-7-3-4-8-18(17)25(28)32/h3-13,21-23H,1-2H3/t21-,22+,23-/m0/s1. The molecule has 174 valence electrons. The second-order valence-electron chi connectivity index (χ2n) is 9.28. The van der Waals surface area contributed by atoms with E-state index in [0.29, 0.717) is 15.7 Å². The van der Waals surface area contributed by atoms with E-state index in [-0.39, 0.29) is 11.1 Å². The number of ether oxygens (including phenoxy) is 1. The quantitative estimate of drug-likeness (QED) is 0.353. The Morgan fingerprint density at radius 3 is 2.06 bits per heavy atom. The molecule has 2 amide bonds. The van der Waals surface area contributed by atoms with E-state index in [9.17, 15) is 19.2 Å². The predicted octanol–water partition coefficient (Wildman–Crippen LogP) is 4.76. The van der Waals surface area contributed by atoms with Gasteiger partial charge in [0, 0.05) is 15.6 Å². The summed E-state index contributed by atoms with van der Waals surface area (Å²) in [5.41, 5.74) is 1.34. The number of aryl methyl sites for hydroxylation is 2. The van der Waals surface area contributed by atoms with Crippen molar-refractivity contribution in [2.45, 2.75) is 25.6 Å². The van der Waals surface area contributed by atoms with Gasteiger partial charge in [0.15, 0.2) is 0 Å². The Bertz CT molecular complexity index is 1440. The topological polar surface area (TPSA) is 80.8 Å². The molecule has 0 unspecified atom stereocenters. The second-order valence-corrected chi connectivity index (χ2v) is 10.1. The van der Waals surface area contributed by atoms with Crippen molar-refractivity contribution in [3.63, 3.8) is 0 Å². The number of hydrogen-bond acceptors (Lipinski definition) is 5. The maximum atomic E-state index is 14.0. The third kappa shape index (κ3) is 2.79. The van der Waals surface area contributed by atoms with Crippen LogP contribution in [0.15, 0.2) is 71.2 Å². The Hall–Kier alpha value is -3.42. The Balaban J connectivity index is 1.56. The van der Waals surface area contributed by atoms with Gasteiger partial charge in [0.05, 0.1) is 23.6 Å². The molecule has 1 aliphatic carbocycles. The van der Waals surface area contributed by atoms with Crippen LogP contribution in [0.5, 0.6) is 0 Å². The fourth-order valence-corrected chi connectivity index (χ4v) is 6.14. The molecule has 0 saturated carbocycles. The van der Waals surface area contributed by atoms with Crippen molar-refractivity contribution in [3.8, 4) is 0 Å². The number of hydrogen-bond donors (Lipinski definition) is 0. The molecule has 6 nitrogen and oxygen atoms in total. The zero-order valence-electron chi connectivity index (χ0n) is 18.9. The summed E-state index contributed by atoms with van der Waals surface area (Å²) < 4.78 is 6.99. The normalized spacial score (nSPS) is 24.4. The fourth-order valence-electron chi connectivity index (χ4n) is 5.62. The lowest BCUT2D eigenvalue weighted by Gasteiger charge is -2.27. The number of amides is 2. The molecule has 3 aliphatic rings. The van der Waals surface area contributed by atoms with E-state index in [4.69, 9.17) is 4.74 Å². The Morgan fingerprint density at radius 1 is 0.800 bits per heavy atom. The molecule has 2 fully saturated rings. The molecule has 3 aromatic carbocycles. The van der Waals surface area contributed by atoms with Crippen molar-refractivity contribution in [2.75, 3.05) is 4.90 Å². The van der Waals surface area contributed by atoms with Crippen molar-refractivity contribution in [1.82, 2.24) is 0 Å². The minimum Gasteiger partial charge on any atom is -0.349 e. The first-order valence-electron chi connectivity index (χ1n) is 11.3. The van der Waals surface area contributed by atoms with Crippen molar-refractivity contribution >= 4 is 45.0 Å². The van der Waals surface area contributed by atoms with Crippen LogP contribution < -0.4 is 4.90 Å². The van der Waals surface area contributed by atoms with Crippen LogP contribution in [0.2, 0.25) is 0 Å². The van der Waals surface area contributed by atoms with Gasteiger partial charge in [-0.3, -0.25) is 19.2 Å². The minimum absolute atomic E-state index is 0.217. The minimum atomic E-state index is -2.07. The number of anilines is 1. The van der Waals surface area contributed by atoms with Gasteiger partial charge in [0.2, 0.25) is 29.0 Å². The highest BCUT2D eigenvalue weighted by Crippen LogP contribution is 2.58. The van der Waals surface area contributed by atoms with E-state index in [2.05, 4.69) is 15.9 Å². The number of carbonyl (C=O) groups is 4. The van der Waals surface area contributed by atoms with Gasteiger partial charge in [-0.15, -0.1) is 0 Å². The average molecular weight is 530 g/mol. The van der Waals surface area contributed by atoms with Crippen LogP contribution in [-0.2, 0) is 14.3 Å². The van der Waals surface area contributed by atoms with Gasteiger partial charge < -0.3 is 4.74 Å². The third-order valence-corrected chi connectivity index (χ3v) is 8.20. The molecule has 7 heteroatoms. The van der Waals surface area contributed by atoms with E-state index < -0.39 is 46.9 Å². The molecule has 0 aromatic heterocycles. The first-order valence-corrected chi connectivity index (χ1v) is 12.1. The first kappa shape index (κ1) is 22.1. The summed E-state index contributed by atoms with van der Waals surface area (Å²) in [6.07, 6.45) is -0.953.